The minimum Gasteiger partial charge on any atom is -0.462 e. The normalized spacial score (nSPS) is 13.1. The number of ether oxygens (including phenoxy) is 1. The Kier molecular flexibility index (Phi) is 30.0. The van der Waals surface area contributed by atoms with Crippen molar-refractivity contribution in [1.29, 1.82) is 0 Å². The topological polar surface area (TPSA) is 67.9 Å². The summed E-state index contributed by atoms with van der Waals surface area (Å²) >= 11 is 0. The van der Waals surface area contributed by atoms with Crippen molar-refractivity contribution in [3.8, 4) is 0 Å². The second kappa shape index (κ2) is 30.4. The van der Waals surface area contributed by atoms with E-state index in [0.29, 0.717) is 12.8 Å². The van der Waals surface area contributed by atoms with Crippen LogP contribution in [0.4, 0.5) is 0 Å². The number of carbonyl (C=O) groups is 2. The summed E-state index contributed by atoms with van der Waals surface area (Å²) in [6.07, 6.45) is 24.9. The van der Waals surface area contributed by atoms with Crippen LogP contribution in [0.2, 0.25) is 0 Å². The van der Waals surface area contributed by atoms with E-state index in [4.69, 9.17) is 9.26 Å². The Morgan fingerprint density at radius 2 is 1.36 bits per heavy atom. The highest BCUT2D eigenvalue weighted by molar-refractivity contribution is 7.49. The Bertz CT molecular complexity index is 538. The second-order valence-electron chi connectivity index (χ2n) is 11.1. The molecule has 0 aliphatic rings. The molecule has 0 heterocycles. The van der Waals surface area contributed by atoms with Crippen LogP contribution in [-0.2, 0) is 18.8 Å². The SMILES string of the molecule is CCCCCCCCC(CC)OC(=O)CCCCCCCN(CCCCCCCC=O)CCCNP(C)OC. The number of esters is 1. The lowest BCUT2D eigenvalue weighted by molar-refractivity contribution is -0.149. The zero-order valence-corrected chi connectivity index (χ0v) is 27.3. The van der Waals surface area contributed by atoms with E-state index in [0.717, 1.165) is 64.4 Å². The van der Waals surface area contributed by atoms with Crippen molar-refractivity contribution in [2.24, 2.45) is 0 Å². The molecule has 0 fully saturated rings. The highest BCUT2D eigenvalue weighted by atomic mass is 31.2. The molecule has 0 aromatic heterocycles. The van der Waals surface area contributed by atoms with E-state index in [2.05, 4.69) is 30.5 Å². The molecule has 0 amide bonds. The summed E-state index contributed by atoms with van der Waals surface area (Å²) in [6, 6.07) is 0. The summed E-state index contributed by atoms with van der Waals surface area (Å²) < 4.78 is 11.1. The van der Waals surface area contributed by atoms with Crippen LogP contribution >= 0.6 is 8.30 Å². The van der Waals surface area contributed by atoms with Gasteiger partial charge < -0.3 is 19.0 Å². The molecule has 0 saturated carbocycles. The van der Waals surface area contributed by atoms with Gasteiger partial charge in [0.05, 0.1) is 8.30 Å². The summed E-state index contributed by atoms with van der Waals surface area (Å²) in [7, 11) is 1.27. The maximum Gasteiger partial charge on any atom is 0.306 e. The maximum atomic E-state index is 12.3. The second-order valence-corrected chi connectivity index (χ2v) is 12.8. The van der Waals surface area contributed by atoms with Gasteiger partial charge in [0.25, 0.3) is 0 Å². The van der Waals surface area contributed by atoms with E-state index < -0.39 is 8.30 Å². The van der Waals surface area contributed by atoms with Crippen molar-refractivity contribution in [3.63, 3.8) is 0 Å². The fourth-order valence-electron chi connectivity index (χ4n) is 4.91. The summed E-state index contributed by atoms with van der Waals surface area (Å²) in [5, 5.41) is 3.47. The Balaban J connectivity index is 4.00. The predicted octanol–water partition coefficient (Wildman–Crippen LogP) is 8.81. The molecule has 0 spiro atoms. The fraction of sp³-hybridized carbons (Fsp3) is 0.938. The van der Waals surface area contributed by atoms with E-state index in [-0.39, 0.29) is 12.1 Å². The van der Waals surface area contributed by atoms with Crippen LogP contribution in [0.1, 0.15) is 149 Å². The molecule has 39 heavy (non-hydrogen) atoms. The first-order valence-electron chi connectivity index (χ1n) is 16.4. The van der Waals surface area contributed by atoms with Gasteiger partial charge in [-0.3, -0.25) is 9.88 Å². The smallest absolute Gasteiger partial charge is 0.306 e. The predicted molar refractivity (Wildman–Crippen MR) is 169 cm³/mol. The molecular weight excluding hydrogens is 507 g/mol. The van der Waals surface area contributed by atoms with E-state index >= 15 is 0 Å². The monoisotopic (exact) mass is 572 g/mol. The number of carbonyl (C=O) groups excluding carboxylic acids is 2. The van der Waals surface area contributed by atoms with Gasteiger partial charge >= 0.3 is 5.97 Å². The molecular formula is C32H65N2O4P. The lowest BCUT2D eigenvalue weighted by Crippen LogP contribution is -2.29. The van der Waals surface area contributed by atoms with Crippen molar-refractivity contribution in [2.45, 2.75) is 155 Å². The molecule has 6 nitrogen and oxygen atoms in total. The number of nitrogens with zero attached hydrogens (tertiary/aromatic N) is 1. The molecule has 2 unspecified atom stereocenters. The number of aldehydes is 1. The van der Waals surface area contributed by atoms with Gasteiger partial charge in [0.1, 0.15) is 12.4 Å². The Morgan fingerprint density at radius 1 is 0.795 bits per heavy atom. The molecule has 7 heteroatoms. The molecule has 0 aromatic rings. The third-order valence-corrected chi connectivity index (χ3v) is 8.76. The van der Waals surface area contributed by atoms with Crippen molar-refractivity contribution in [3.05, 3.63) is 0 Å². The molecule has 0 aromatic carbocycles. The lowest BCUT2D eigenvalue weighted by Gasteiger charge is -2.23. The van der Waals surface area contributed by atoms with Crippen molar-refractivity contribution in [1.82, 2.24) is 9.99 Å². The highest BCUT2D eigenvalue weighted by Crippen LogP contribution is 2.23. The minimum absolute atomic E-state index is 0.00277. The van der Waals surface area contributed by atoms with Crippen molar-refractivity contribution < 1.29 is 18.8 Å². The largest absolute Gasteiger partial charge is 0.462 e. The Labute approximate surface area is 244 Å². The van der Waals surface area contributed by atoms with Gasteiger partial charge in [-0.15, -0.1) is 0 Å². The zero-order valence-electron chi connectivity index (χ0n) is 26.4. The van der Waals surface area contributed by atoms with Crippen LogP contribution in [0.25, 0.3) is 0 Å². The van der Waals surface area contributed by atoms with E-state index in [1.165, 1.54) is 90.0 Å². The first-order chi connectivity index (χ1) is 19.1. The van der Waals surface area contributed by atoms with Crippen molar-refractivity contribution >= 4 is 20.6 Å². The van der Waals surface area contributed by atoms with Crippen LogP contribution < -0.4 is 5.09 Å². The molecule has 0 bridgehead atoms. The number of hydrogen-bond donors (Lipinski definition) is 1. The Morgan fingerprint density at radius 3 is 1.97 bits per heavy atom. The number of nitrogens with one attached hydrogen (secondary N) is 1. The van der Waals surface area contributed by atoms with Crippen molar-refractivity contribution in [2.75, 3.05) is 40.0 Å². The quantitative estimate of drug-likeness (QED) is 0.0387. The minimum atomic E-state index is -0.494. The number of unbranched alkanes of at least 4 members (excludes halogenated alkanes) is 14. The standard InChI is InChI=1S/C32H65N2O4P/c1-5-7-8-9-13-18-24-31(6-2)38-32(36)25-19-14-12-16-21-28-34(29-23-26-33-39(4)37-3)27-20-15-10-11-17-22-30-35/h30-31,33H,5-29H2,1-4H3. The maximum absolute atomic E-state index is 12.3. The van der Waals surface area contributed by atoms with Gasteiger partial charge in [-0.1, -0.05) is 84.5 Å². The third-order valence-electron chi connectivity index (χ3n) is 7.54. The van der Waals surface area contributed by atoms with E-state index in [9.17, 15) is 9.59 Å². The van der Waals surface area contributed by atoms with E-state index in [1.807, 2.05) is 0 Å². The summed E-state index contributed by atoms with van der Waals surface area (Å²) in [5.41, 5.74) is 0. The summed E-state index contributed by atoms with van der Waals surface area (Å²) in [5.74, 6) is 0.00277. The molecule has 0 aliphatic carbocycles. The number of hydrogen-bond acceptors (Lipinski definition) is 6. The third kappa shape index (κ3) is 27.4. The summed E-state index contributed by atoms with van der Waals surface area (Å²) in [4.78, 5) is 25.4. The fourth-order valence-corrected chi connectivity index (χ4v) is 5.51. The first-order valence-corrected chi connectivity index (χ1v) is 18.1. The Hall–Kier alpha value is -0.550. The lowest BCUT2D eigenvalue weighted by atomic mass is 10.1. The van der Waals surface area contributed by atoms with Crippen LogP contribution in [0.3, 0.4) is 0 Å². The van der Waals surface area contributed by atoms with E-state index in [1.54, 1.807) is 7.11 Å². The van der Waals surface area contributed by atoms with Crippen LogP contribution in [-0.4, -0.2) is 63.2 Å². The molecule has 2 atom stereocenters. The first kappa shape index (κ1) is 38.5. The van der Waals surface area contributed by atoms with Gasteiger partial charge in [-0.05, 0) is 77.7 Å². The molecule has 232 valence electrons. The van der Waals surface area contributed by atoms with Gasteiger partial charge in [0.15, 0.2) is 0 Å². The molecule has 1 N–H and O–H groups in total. The highest BCUT2D eigenvalue weighted by Gasteiger charge is 2.12. The number of rotatable bonds is 31. The van der Waals surface area contributed by atoms with Gasteiger partial charge in [0.2, 0.25) is 0 Å². The molecule has 0 saturated heterocycles. The van der Waals surface area contributed by atoms with Gasteiger partial charge in [-0.25, -0.2) is 0 Å². The molecule has 0 aliphatic heterocycles. The van der Waals surface area contributed by atoms with Crippen LogP contribution in [0.5, 0.6) is 0 Å². The van der Waals surface area contributed by atoms with Gasteiger partial charge in [-0.2, -0.15) is 0 Å². The summed E-state index contributed by atoms with van der Waals surface area (Å²) in [6.45, 7) is 11.0. The molecule has 0 radical (unpaired) electrons. The van der Waals surface area contributed by atoms with Gasteiger partial charge in [0, 0.05) is 26.5 Å². The van der Waals surface area contributed by atoms with Crippen LogP contribution in [0, 0.1) is 0 Å². The average Bonchev–Trinajstić information content (AvgIpc) is 2.94. The average molecular weight is 573 g/mol. The van der Waals surface area contributed by atoms with Crippen LogP contribution in [0.15, 0.2) is 0 Å². The molecule has 0 rings (SSSR count). The zero-order chi connectivity index (χ0) is 28.8.